The summed E-state index contributed by atoms with van der Waals surface area (Å²) < 4.78 is 21.8. The van der Waals surface area contributed by atoms with Crippen molar-refractivity contribution in [3.63, 3.8) is 0 Å². The normalized spacial score (nSPS) is 33.1. The third-order valence-electron chi connectivity index (χ3n) is 2.57. The van der Waals surface area contributed by atoms with E-state index in [0.29, 0.717) is 11.5 Å². The second-order valence-electron chi connectivity index (χ2n) is 3.70. The lowest BCUT2D eigenvalue weighted by atomic mass is 9.92. The molecule has 2 heterocycles. The van der Waals surface area contributed by atoms with Gasteiger partial charge >= 0.3 is 0 Å². The standard InChI is InChI=1S/C7H13NO2S/c9-11(10)5-7(6-11)3-1-2-4-8-7/h8H,1-6H2. The molecule has 0 atom stereocenters. The molecule has 0 aliphatic carbocycles. The van der Waals surface area contributed by atoms with Gasteiger partial charge in [-0.2, -0.15) is 0 Å². The first kappa shape index (κ1) is 7.55. The number of rotatable bonds is 0. The van der Waals surface area contributed by atoms with Crippen LogP contribution in [-0.4, -0.2) is 32.0 Å². The summed E-state index contributed by atoms with van der Waals surface area (Å²) in [6.07, 6.45) is 3.43. The molecule has 0 unspecified atom stereocenters. The molecule has 3 nitrogen and oxygen atoms in total. The predicted octanol–water partition coefficient (Wildman–Crippen LogP) is -0.0729. The van der Waals surface area contributed by atoms with E-state index in [9.17, 15) is 8.42 Å². The van der Waals surface area contributed by atoms with E-state index in [1.54, 1.807) is 0 Å². The molecule has 0 aromatic carbocycles. The van der Waals surface area contributed by atoms with Crippen molar-refractivity contribution in [2.24, 2.45) is 0 Å². The van der Waals surface area contributed by atoms with Crippen LogP contribution in [-0.2, 0) is 9.84 Å². The van der Waals surface area contributed by atoms with Crippen molar-refractivity contribution in [1.29, 1.82) is 0 Å². The zero-order chi connectivity index (χ0) is 7.95. The van der Waals surface area contributed by atoms with E-state index in [1.807, 2.05) is 0 Å². The molecule has 0 bridgehead atoms. The number of sulfone groups is 1. The van der Waals surface area contributed by atoms with Gasteiger partial charge in [-0.1, -0.05) is 6.42 Å². The average Bonchev–Trinajstić information content (AvgIpc) is 1.85. The number of hydrogen-bond acceptors (Lipinski definition) is 3. The van der Waals surface area contributed by atoms with Crippen LogP contribution in [0.2, 0.25) is 0 Å². The van der Waals surface area contributed by atoms with Crippen LogP contribution in [0.4, 0.5) is 0 Å². The Balaban J connectivity index is 2.05. The van der Waals surface area contributed by atoms with Gasteiger partial charge in [-0.15, -0.1) is 0 Å². The molecule has 0 saturated carbocycles. The van der Waals surface area contributed by atoms with Crippen molar-refractivity contribution in [2.75, 3.05) is 18.1 Å². The van der Waals surface area contributed by atoms with Crippen LogP contribution in [0, 0.1) is 0 Å². The Morgan fingerprint density at radius 2 is 1.91 bits per heavy atom. The molecule has 2 rings (SSSR count). The first-order valence-corrected chi connectivity index (χ1v) is 5.90. The number of piperidine rings is 1. The lowest BCUT2D eigenvalue weighted by Gasteiger charge is -2.44. The zero-order valence-corrected chi connectivity index (χ0v) is 7.28. The highest BCUT2D eigenvalue weighted by Crippen LogP contribution is 2.31. The van der Waals surface area contributed by atoms with E-state index in [2.05, 4.69) is 5.32 Å². The summed E-state index contributed by atoms with van der Waals surface area (Å²) in [5.74, 6) is 0.750. The summed E-state index contributed by atoms with van der Waals surface area (Å²) in [6, 6.07) is 0. The van der Waals surface area contributed by atoms with Gasteiger partial charge in [0.05, 0.1) is 11.5 Å². The molecule has 0 aromatic rings. The van der Waals surface area contributed by atoms with Crippen LogP contribution in [0.25, 0.3) is 0 Å². The first-order valence-electron chi connectivity index (χ1n) is 4.07. The van der Waals surface area contributed by atoms with E-state index in [4.69, 9.17) is 0 Å². The summed E-state index contributed by atoms with van der Waals surface area (Å²) in [5, 5.41) is 3.31. The van der Waals surface area contributed by atoms with Gasteiger partial charge in [-0.3, -0.25) is 0 Å². The molecule has 2 aliphatic rings. The topological polar surface area (TPSA) is 46.2 Å². The molecule has 64 valence electrons. The summed E-state index contributed by atoms with van der Waals surface area (Å²) in [7, 11) is -2.65. The average molecular weight is 175 g/mol. The van der Waals surface area contributed by atoms with E-state index >= 15 is 0 Å². The quantitative estimate of drug-likeness (QED) is 0.560. The van der Waals surface area contributed by atoms with Gasteiger partial charge in [0.25, 0.3) is 0 Å². The van der Waals surface area contributed by atoms with Gasteiger partial charge in [0.15, 0.2) is 9.84 Å². The third-order valence-corrected chi connectivity index (χ3v) is 4.56. The SMILES string of the molecule is O=S1(=O)CC2(CCCCN2)C1. The van der Waals surface area contributed by atoms with E-state index in [-0.39, 0.29) is 5.54 Å². The van der Waals surface area contributed by atoms with Crippen LogP contribution < -0.4 is 5.32 Å². The van der Waals surface area contributed by atoms with E-state index < -0.39 is 9.84 Å². The maximum atomic E-state index is 10.9. The molecular weight excluding hydrogens is 162 g/mol. The van der Waals surface area contributed by atoms with Crippen LogP contribution in [0.1, 0.15) is 19.3 Å². The van der Waals surface area contributed by atoms with Gasteiger partial charge in [0, 0.05) is 5.54 Å². The van der Waals surface area contributed by atoms with Crippen molar-refractivity contribution in [2.45, 2.75) is 24.8 Å². The second kappa shape index (κ2) is 2.20. The van der Waals surface area contributed by atoms with Gasteiger partial charge in [-0.05, 0) is 19.4 Å². The summed E-state index contributed by atoms with van der Waals surface area (Å²) in [6.45, 7) is 0.996. The highest BCUT2D eigenvalue weighted by molar-refractivity contribution is 7.93. The summed E-state index contributed by atoms with van der Waals surface area (Å²) >= 11 is 0. The Morgan fingerprint density at radius 3 is 2.36 bits per heavy atom. The van der Waals surface area contributed by atoms with Gasteiger partial charge < -0.3 is 5.32 Å². The minimum absolute atomic E-state index is 0.00289. The molecule has 1 N–H and O–H groups in total. The maximum Gasteiger partial charge on any atom is 0.153 e. The fourth-order valence-electron chi connectivity index (χ4n) is 2.08. The lowest BCUT2D eigenvalue weighted by Crippen LogP contribution is -2.65. The molecular formula is C7H13NO2S. The van der Waals surface area contributed by atoms with Crippen LogP contribution in [0.3, 0.4) is 0 Å². The molecule has 11 heavy (non-hydrogen) atoms. The molecule has 2 aliphatic heterocycles. The van der Waals surface area contributed by atoms with Gasteiger partial charge in [-0.25, -0.2) is 8.42 Å². The fraction of sp³-hybridized carbons (Fsp3) is 1.00. The van der Waals surface area contributed by atoms with Crippen molar-refractivity contribution < 1.29 is 8.42 Å². The molecule has 2 fully saturated rings. The van der Waals surface area contributed by atoms with Crippen molar-refractivity contribution in [1.82, 2.24) is 5.32 Å². The molecule has 1 spiro atoms. The molecule has 0 aromatic heterocycles. The predicted molar refractivity (Wildman–Crippen MR) is 43.2 cm³/mol. The summed E-state index contributed by atoms with van der Waals surface area (Å²) in [5.41, 5.74) is -0.00289. The molecule has 0 radical (unpaired) electrons. The Morgan fingerprint density at radius 1 is 1.18 bits per heavy atom. The molecule has 4 heteroatoms. The zero-order valence-electron chi connectivity index (χ0n) is 6.47. The van der Waals surface area contributed by atoms with Gasteiger partial charge in [0.2, 0.25) is 0 Å². The monoisotopic (exact) mass is 175 g/mol. The maximum absolute atomic E-state index is 10.9. The second-order valence-corrected chi connectivity index (χ2v) is 5.76. The van der Waals surface area contributed by atoms with Crippen LogP contribution in [0.15, 0.2) is 0 Å². The fourth-order valence-corrected chi connectivity index (χ4v) is 4.17. The Kier molecular flexibility index (Phi) is 1.51. The molecule has 2 saturated heterocycles. The highest BCUT2D eigenvalue weighted by Gasteiger charge is 2.48. The van der Waals surface area contributed by atoms with E-state index in [0.717, 1.165) is 13.0 Å². The van der Waals surface area contributed by atoms with Crippen LogP contribution in [0.5, 0.6) is 0 Å². The highest BCUT2D eigenvalue weighted by atomic mass is 32.2. The van der Waals surface area contributed by atoms with Crippen molar-refractivity contribution in [3.05, 3.63) is 0 Å². The number of hydrogen-bond donors (Lipinski definition) is 1. The van der Waals surface area contributed by atoms with Crippen LogP contribution >= 0.6 is 0 Å². The largest absolute Gasteiger partial charge is 0.309 e. The van der Waals surface area contributed by atoms with Crippen molar-refractivity contribution >= 4 is 9.84 Å². The lowest BCUT2D eigenvalue weighted by molar-refractivity contribution is 0.285. The Hall–Kier alpha value is -0.0900. The first-order chi connectivity index (χ1) is 5.12. The Bertz CT molecular complexity index is 238. The minimum atomic E-state index is -2.65. The van der Waals surface area contributed by atoms with Crippen molar-refractivity contribution in [3.8, 4) is 0 Å². The van der Waals surface area contributed by atoms with Gasteiger partial charge in [0.1, 0.15) is 0 Å². The smallest absolute Gasteiger partial charge is 0.153 e. The Labute approximate surface area is 67.1 Å². The summed E-state index contributed by atoms with van der Waals surface area (Å²) in [4.78, 5) is 0. The minimum Gasteiger partial charge on any atom is -0.309 e. The van der Waals surface area contributed by atoms with E-state index in [1.165, 1.54) is 12.8 Å². The number of nitrogens with one attached hydrogen (secondary N) is 1. The molecule has 0 amide bonds. The third kappa shape index (κ3) is 1.29.